The van der Waals surface area contributed by atoms with Gasteiger partial charge in [-0.3, -0.25) is 0 Å². The van der Waals surface area contributed by atoms with Gasteiger partial charge in [-0.05, 0) is 9.71 Å². The number of anilines is 1. The molecule has 11 nitrogen and oxygen atoms in total. The molecular formula is C13H17F3N7O4S+. The lowest BCUT2D eigenvalue weighted by atomic mass is 10.3. The predicted octanol–water partition coefficient (Wildman–Crippen LogP) is -1.49. The Balaban J connectivity index is 2.12. The van der Waals surface area contributed by atoms with E-state index in [2.05, 4.69) is 24.9 Å². The second-order valence-electron chi connectivity index (χ2n) is 5.72. The third kappa shape index (κ3) is 6.12. The highest BCUT2D eigenvalue weighted by molar-refractivity contribution is 7.88. The van der Waals surface area contributed by atoms with E-state index in [1.54, 1.807) is 0 Å². The van der Waals surface area contributed by atoms with Crippen LogP contribution in [0.5, 0.6) is 0 Å². The first-order valence-electron chi connectivity index (χ1n) is 7.66. The molecule has 0 aliphatic rings. The molecule has 0 aliphatic heterocycles. The van der Waals surface area contributed by atoms with Crippen LogP contribution in [0, 0.1) is 6.92 Å². The summed E-state index contributed by atoms with van der Waals surface area (Å²) in [6.07, 6.45) is -1.26. The number of carbonyl (C=O) groups excluding carboxylic acids is 1. The van der Waals surface area contributed by atoms with Crippen molar-refractivity contribution in [1.82, 2.24) is 24.7 Å². The third-order valence-electron chi connectivity index (χ3n) is 3.28. The summed E-state index contributed by atoms with van der Waals surface area (Å²) < 4.78 is 63.4. The number of nitrogens with zero attached hydrogens (tertiary/aromatic N) is 5. The summed E-state index contributed by atoms with van der Waals surface area (Å²) in [5.41, 5.74) is 6.47. The summed E-state index contributed by atoms with van der Waals surface area (Å²) in [6, 6.07) is 0. The van der Waals surface area contributed by atoms with Crippen molar-refractivity contribution in [3.05, 3.63) is 29.5 Å². The number of alkyl halides is 3. The Kier molecular flexibility index (Phi) is 6.18. The average Bonchev–Trinajstić information content (AvgIpc) is 2.97. The first-order chi connectivity index (χ1) is 12.8. The van der Waals surface area contributed by atoms with E-state index in [-0.39, 0.29) is 36.7 Å². The van der Waals surface area contributed by atoms with Crippen LogP contribution in [0.15, 0.2) is 12.4 Å². The molecule has 2 aromatic heterocycles. The van der Waals surface area contributed by atoms with Gasteiger partial charge in [-0.1, -0.05) is 5.21 Å². The van der Waals surface area contributed by atoms with Gasteiger partial charge in [-0.25, -0.2) is 27.5 Å². The van der Waals surface area contributed by atoms with Crippen LogP contribution in [0.1, 0.15) is 17.1 Å². The van der Waals surface area contributed by atoms with Gasteiger partial charge in [-0.15, -0.1) is 5.10 Å². The third-order valence-corrected chi connectivity index (χ3v) is 4.01. The van der Waals surface area contributed by atoms with E-state index in [4.69, 9.17) is 5.73 Å². The molecule has 0 atom stereocenters. The van der Waals surface area contributed by atoms with Crippen LogP contribution in [-0.2, 0) is 27.8 Å². The first-order valence-corrected chi connectivity index (χ1v) is 9.55. The van der Waals surface area contributed by atoms with E-state index in [0.29, 0.717) is 10.4 Å². The van der Waals surface area contributed by atoms with Gasteiger partial charge in [0, 0.05) is 26.1 Å². The monoisotopic (exact) mass is 424 g/mol. The lowest BCUT2D eigenvalue weighted by Crippen LogP contribution is -2.53. The molecule has 28 heavy (non-hydrogen) atoms. The molecule has 3 N–H and O–H groups in total. The van der Waals surface area contributed by atoms with Gasteiger partial charge >= 0.3 is 18.0 Å². The van der Waals surface area contributed by atoms with Crippen molar-refractivity contribution < 1.29 is 36.0 Å². The Bertz CT molecular complexity index is 975. The molecule has 0 aliphatic carbocycles. The molecule has 0 fully saturated rings. The molecule has 0 bridgehead atoms. The van der Waals surface area contributed by atoms with Crippen LogP contribution in [-0.4, -0.2) is 53.3 Å². The maximum absolute atomic E-state index is 12.4. The number of nitrogen functional groups attached to an aromatic ring is 1. The second-order valence-corrected chi connectivity index (χ2v) is 7.56. The minimum absolute atomic E-state index is 0.00704. The number of halogens is 3. The second kappa shape index (κ2) is 8.05. The number of nitrogens with two attached hydrogens (primary N) is 1. The smallest absolute Gasteiger partial charge is 0.362 e. The minimum atomic E-state index is -5.16. The van der Waals surface area contributed by atoms with E-state index >= 15 is 0 Å². The molecule has 0 unspecified atom stereocenters. The molecule has 15 heteroatoms. The molecule has 154 valence electrons. The first kappa shape index (κ1) is 21.5. The van der Waals surface area contributed by atoms with Crippen molar-refractivity contribution >= 4 is 21.8 Å². The predicted molar refractivity (Wildman–Crippen MR) is 86.9 cm³/mol. The molecule has 0 aromatic carbocycles. The van der Waals surface area contributed by atoms with Crippen molar-refractivity contribution in [3.63, 3.8) is 0 Å². The summed E-state index contributed by atoms with van der Waals surface area (Å²) >= 11 is 0. The zero-order valence-electron chi connectivity index (χ0n) is 14.8. The zero-order valence-corrected chi connectivity index (χ0v) is 15.6. The Morgan fingerprint density at radius 2 is 2.11 bits per heavy atom. The van der Waals surface area contributed by atoms with Gasteiger partial charge in [0.05, 0.1) is 24.1 Å². The Labute approximate surface area is 157 Å². The molecule has 0 saturated heterocycles. The summed E-state index contributed by atoms with van der Waals surface area (Å²) in [5, 5.41) is 7.69. The highest BCUT2D eigenvalue weighted by Crippen LogP contribution is 2.14. The van der Waals surface area contributed by atoms with Crippen molar-refractivity contribution in [1.29, 1.82) is 0 Å². The Morgan fingerprint density at radius 3 is 2.71 bits per heavy atom. The lowest BCUT2D eigenvalue weighted by molar-refractivity contribution is -0.877. The fraction of sp³-hybridized carbons (Fsp3) is 0.462. The fourth-order valence-corrected chi connectivity index (χ4v) is 2.49. The number of nitrogens with one attached hydrogen (secondary N) is 1. The number of rotatable bonds is 7. The Morgan fingerprint density at radius 1 is 1.43 bits per heavy atom. The summed E-state index contributed by atoms with van der Waals surface area (Å²) in [5.74, 6) is -2.46. The lowest BCUT2D eigenvalue weighted by Gasteiger charge is -2.07. The van der Waals surface area contributed by atoms with Crippen LogP contribution in [0.4, 0.5) is 19.0 Å². The van der Waals surface area contributed by atoms with Gasteiger partial charge in [0.15, 0.2) is 0 Å². The van der Waals surface area contributed by atoms with Crippen molar-refractivity contribution in [2.24, 2.45) is 0 Å². The van der Waals surface area contributed by atoms with Crippen LogP contribution >= 0.6 is 0 Å². The highest BCUT2D eigenvalue weighted by atomic mass is 32.2. The number of sulfonamides is 1. The summed E-state index contributed by atoms with van der Waals surface area (Å²) in [7, 11) is -3.33. The maximum atomic E-state index is 12.4. The van der Waals surface area contributed by atoms with Gasteiger partial charge < -0.3 is 5.73 Å². The number of hydrogen-bond donors (Lipinski definition) is 2. The maximum Gasteiger partial charge on any atom is 0.495 e. The molecule has 2 aromatic rings. The standard InChI is InChI=1S/C13H16F3N7O4S/c1-8-19-11(17)9(6-23(8)27-12(24)13(14,15)16)5-22-7-10(20-21-22)3-4-18-28(2,25)26/h6-7,17-18H,3-5H2,1-2H3/p+1. The fourth-order valence-electron chi connectivity index (χ4n) is 2.02. The zero-order chi connectivity index (χ0) is 21.1. The van der Waals surface area contributed by atoms with Crippen LogP contribution < -0.4 is 20.0 Å². The van der Waals surface area contributed by atoms with E-state index in [0.717, 1.165) is 12.5 Å². The molecule has 2 heterocycles. The summed E-state index contributed by atoms with van der Waals surface area (Å²) in [4.78, 5) is 19.1. The van der Waals surface area contributed by atoms with E-state index in [1.165, 1.54) is 17.8 Å². The number of hydrogen-bond acceptors (Lipinski definition) is 8. The molecule has 0 radical (unpaired) electrons. The molecule has 2 rings (SSSR count). The number of aryl methyl sites for hydroxylation is 1. The van der Waals surface area contributed by atoms with Crippen LogP contribution in [0.3, 0.4) is 0 Å². The van der Waals surface area contributed by atoms with E-state index in [9.17, 15) is 26.4 Å². The molecular weight excluding hydrogens is 407 g/mol. The molecule has 0 amide bonds. The van der Waals surface area contributed by atoms with Gasteiger partial charge in [0.25, 0.3) is 0 Å². The van der Waals surface area contributed by atoms with Crippen molar-refractivity contribution in [2.75, 3.05) is 18.5 Å². The highest BCUT2D eigenvalue weighted by Gasteiger charge is 2.44. The normalized spacial score (nSPS) is 12.2. The SMILES string of the molecule is Cc1nc(N)c(Cn2cc(CCNS(C)(=O)=O)nn2)c[n+]1OC(=O)C(F)(F)F. The van der Waals surface area contributed by atoms with E-state index < -0.39 is 22.2 Å². The van der Waals surface area contributed by atoms with Gasteiger partial charge in [0.1, 0.15) is 6.20 Å². The minimum Gasteiger partial charge on any atom is -0.362 e. The topological polar surface area (TPSA) is 146 Å². The largest absolute Gasteiger partial charge is 0.495 e. The van der Waals surface area contributed by atoms with Gasteiger partial charge in [0.2, 0.25) is 15.8 Å². The quantitative estimate of drug-likeness (QED) is 0.511. The molecule has 0 saturated carbocycles. The van der Waals surface area contributed by atoms with Crippen LogP contribution in [0.25, 0.3) is 0 Å². The van der Waals surface area contributed by atoms with Crippen molar-refractivity contribution in [3.8, 4) is 0 Å². The number of carbonyl (C=O) groups is 1. The Hall–Kier alpha value is -2.81. The van der Waals surface area contributed by atoms with Crippen molar-refractivity contribution in [2.45, 2.75) is 26.1 Å². The number of aromatic nitrogens is 5. The molecule has 0 spiro atoms. The summed E-state index contributed by atoms with van der Waals surface area (Å²) in [6.45, 7) is 1.42. The van der Waals surface area contributed by atoms with Crippen LogP contribution in [0.2, 0.25) is 0 Å². The van der Waals surface area contributed by atoms with Gasteiger partial charge in [-0.2, -0.15) is 13.2 Å². The van der Waals surface area contributed by atoms with E-state index in [1.807, 2.05) is 0 Å². The average molecular weight is 424 g/mol.